The monoisotopic (exact) mass is 501 g/mol. The number of thiazole rings is 1. The van der Waals surface area contributed by atoms with E-state index in [0.29, 0.717) is 16.8 Å². The molecule has 0 aliphatic carbocycles. The predicted molar refractivity (Wildman–Crippen MR) is 130 cm³/mol. The molecule has 0 bridgehead atoms. The summed E-state index contributed by atoms with van der Waals surface area (Å²) in [6.07, 6.45) is 0. The van der Waals surface area contributed by atoms with Crippen molar-refractivity contribution in [3.63, 3.8) is 0 Å². The maximum atomic E-state index is 15.1. The van der Waals surface area contributed by atoms with Gasteiger partial charge in [0, 0.05) is 12.6 Å². The quantitative estimate of drug-likeness (QED) is 0.387. The lowest BCUT2D eigenvalue weighted by molar-refractivity contribution is -0.00251. The molecular formula is C21H32FN5O4S2. The number of hydrogen-bond acceptors (Lipinski definition) is 7. The van der Waals surface area contributed by atoms with Crippen LogP contribution in [0.4, 0.5) is 20.6 Å². The first kappa shape index (κ1) is 27.1. The van der Waals surface area contributed by atoms with Crippen LogP contribution in [0.2, 0.25) is 0 Å². The first-order valence-corrected chi connectivity index (χ1v) is 12.8. The van der Waals surface area contributed by atoms with Crippen molar-refractivity contribution in [3.8, 4) is 0 Å². The van der Waals surface area contributed by atoms with Crippen LogP contribution in [0.25, 0.3) is 0 Å². The number of rotatable bonds is 7. The van der Waals surface area contributed by atoms with E-state index in [-0.39, 0.29) is 32.4 Å². The van der Waals surface area contributed by atoms with Gasteiger partial charge in [-0.1, -0.05) is 27.7 Å². The lowest BCUT2D eigenvalue weighted by atomic mass is 9.91. The first-order valence-electron chi connectivity index (χ1n) is 10.4. The van der Waals surface area contributed by atoms with Gasteiger partial charge >= 0.3 is 6.03 Å². The summed E-state index contributed by atoms with van der Waals surface area (Å²) in [5.74, 6) is -0.810. The van der Waals surface area contributed by atoms with Crippen molar-refractivity contribution in [2.24, 2.45) is 9.50 Å². The second-order valence-electron chi connectivity index (χ2n) is 8.59. The largest absolute Gasteiger partial charge is 0.393 e. The topological polar surface area (TPSA) is 150 Å². The number of amides is 2. The average molecular weight is 502 g/mol. The number of halogens is 1. The highest BCUT2D eigenvalue weighted by Crippen LogP contribution is 2.38. The highest BCUT2D eigenvalue weighted by molar-refractivity contribution is 7.93. The molecule has 1 heterocycles. The van der Waals surface area contributed by atoms with Crippen LogP contribution >= 0.6 is 11.3 Å². The van der Waals surface area contributed by atoms with Crippen LogP contribution in [0.3, 0.4) is 0 Å². The lowest BCUT2D eigenvalue weighted by Gasteiger charge is -2.22. The maximum absolute atomic E-state index is 15.1. The third kappa shape index (κ3) is 5.69. The number of nitrogens with zero attached hydrogens (tertiary/aromatic N) is 2. The Kier molecular flexibility index (Phi) is 8.23. The third-order valence-electron chi connectivity index (χ3n) is 5.04. The molecule has 0 saturated heterocycles. The zero-order valence-corrected chi connectivity index (χ0v) is 21.4. The molecule has 0 fully saturated rings. The SMILES string of the molecule is CNc1cc(C(C)C)c(NC(=O)N=S(N)(=O)c2sc(C(C)(O)CO)nc2C)c(C(C)C)c1F. The molecule has 0 aliphatic heterocycles. The summed E-state index contributed by atoms with van der Waals surface area (Å²) in [6.45, 7) is 9.68. The number of aliphatic hydroxyl groups is 2. The molecule has 33 heavy (non-hydrogen) atoms. The van der Waals surface area contributed by atoms with Gasteiger partial charge < -0.3 is 20.8 Å². The van der Waals surface area contributed by atoms with E-state index in [2.05, 4.69) is 20.0 Å². The van der Waals surface area contributed by atoms with Crippen LogP contribution in [0.15, 0.2) is 14.6 Å². The molecule has 1 aromatic heterocycles. The molecule has 0 aliphatic rings. The van der Waals surface area contributed by atoms with E-state index in [4.69, 9.17) is 5.14 Å². The Morgan fingerprint density at radius 2 is 1.97 bits per heavy atom. The van der Waals surface area contributed by atoms with Crippen molar-refractivity contribution in [2.75, 3.05) is 24.3 Å². The van der Waals surface area contributed by atoms with Crippen molar-refractivity contribution in [1.82, 2.24) is 4.98 Å². The number of carbonyl (C=O) groups is 1. The zero-order chi connectivity index (χ0) is 25.3. The Morgan fingerprint density at radius 3 is 2.45 bits per heavy atom. The van der Waals surface area contributed by atoms with Crippen molar-refractivity contribution in [2.45, 2.75) is 63.2 Å². The van der Waals surface area contributed by atoms with E-state index in [0.717, 1.165) is 11.3 Å². The zero-order valence-electron chi connectivity index (χ0n) is 19.8. The number of benzene rings is 1. The van der Waals surface area contributed by atoms with Gasteiger partial charge in [0.05, 0.1) is 23.7 Å². The molecule has 184 valence electrons. The van der Waals surface area contributed by atoms with Crippen LogP contribution in [-0.2, 0) is 15.5 Å². The fourth-order valence-electron chi connectivity index (χ4n) is 3.27. The van der Waals surface area contributed by atoms with Gasteiger partial charge in [0.15, 0.2) is 15.7 Å². The van der Waals surface area contributed by atoms with Gasteiger partial charge in [0.2, 0.25) is 0 Å². The van der Waals surface area contributed by atoms with E-state index >= 15 is 4.39 Å². The first-order chi connectivity index (χ1) is 15.2. The summed E-state index contributed by atoms with van der Waals surface area (Å²) in [4.78, 5) is 16.9. The van der Waals surface area contributed by atoms with E-state index in [9.17, 15) is 19.2 Å². The number of urea groups is 1. The van der Waals surface area contributed by atoms with E-state index in [1.54, 1.807) is 27.0 Å². The number of nitrogens with two attached hydrogens (primary N) is 1. The fourth-order valence-corrected chi connectivity index (χ4v) is 5.77. The molecule has 0 saturated carbocycles. The van der Waals surface area contributed by atoms with Crippen LogP contribution in [-0.4, -0.2) is 39.1 Å². The number of aryl methyl sites for hydroxylation is 1. The number of carbonyl (C=O) groups excluding carboxylic acids is 1. The smallest absolute Gasteiger partial charge is 0.354 e. The van der Waals surface area contributed by atoms with Gasteiger partial charge in [-0.15, -0.1) is 15.7 Å². The molecule has 2 aromatic rings. The average Bonchev–Trinajstić information content (AvgIpc) is 3.10. The third-order valence-corrected chi connectivity index (χ3v) is 8.47. The fraction of sp³-hybridized carbons (Fsp3) is 0.524. The van der Waals surface area contributed by atoms with Crippen LogP contribution in [0.1, 0.15) is 68.3 Å². The molecule has 1 aromatic carbocycles. The Balaban J connectivity index is 2.57. The minimum atomic E-state index is -3.73. The van der Waals surface area contributed by atoms with Crippen LogP contribution < -0.4 is 15.8 Å². The molecule has 2 unspecified atom stereocenters. The number of nitrogens with one attached hydrogen (secondary N) is 2. The van der Waals surface area contributed by atoms with E-state index in [1.807, 2.05) is 13.8 Å². The Hall–Kier alpha value is -2.12. The van der Waals surface area contributed by atoms with Crippen molar-refractivity contribution in [3.05, 3.63) is 33.7 Å². The van der Waals surface area contributed by atoms with E-state index < -0.39 is 34.0 Å². The lowest BCUT2D eigenvalue weighted by Crippen LogP contribution is -2.25. The Morgan fingerprint density at radius 1 is 1.36 bits per heavy atom. The Bertz CT molecular complexity index is 1170. The Labute approximate surface area is 197 Å². The van der Waals surface area contributed by atoms with Gasteiger partial charge in [-0.25, -0.2) is 23.5 Å². The minimum absolute atomic E-state index is 0.00579. The van der Waals surface area contributed by atoms with Crippen LogP contribution in [0, 0.1) is 12.7 Å². The van der Waals surface area contributed by atoms with Gasteiger partial charge in [-0.3, -0.25) is 0 Å². The molecular weight excluding hydrogens is 469 g/mol. The second-order valence-corrected chi connectivity index (χ2v) is 11.6. The summed E-state index contributed by atoms with van der Waals surface area (Å²) in [6, 6.07) is 0.629. The molecule has 2 rings (SSSR count). The molecule has 9 nitrogen and oxygen atoms in total. The molecule has 12 heteroatoms. The molecule has 0 radical (unpaired) electrons. The minimum Gasteiger partial charge on any atom is -0.393 e. The number of aliphatic hydroxyl groups excluding tert-OH is 1. The number of anilines is 2. The highest BCUT2D eigenvalue weighted by atomic mass is 32.2. The standard InChI is InChI=1S/C21H32FN5O4S2/c1-10(2)13-8-14(24-7)16(22)15(11(3)4)17(13)26-20(29)27-33(23,31)18-12(5)25-19(32-18)21(6,30)9-28/h8,10-11,24,28,30H,9H2,1-7H3,(H3,23,26,27,29,31). The van der Waals surface area contributed by atoms with Gasteiger partial charge in [0.25, 0.3) is 0 Å². The highest BCUT2D eigenvalue weighted by Gasteiger charge is 2.30. The summed E-state index contributed by atoms with van der Waals surface area (Å²) >= 11 is 0.806. The number of aromatic nitrogens is 1. The molecule has 2 amide bonds. The summed E-state index contributed by atoms with van der Waals surface area (Å²) in [5.41, 5.74) is 0.132. The van der Waals surface area contributed by atoms with Crippen LogP contribution in [0.5, 0.6) is 0 Å². The predicted octanol–water partition coefficient (Wildman–Crippen LogP) is 4.01. The van der Waals surface area contributed by atoms with Gasteiger partial charge in [-0.2, -0.15) is 0 Å². The van der Waals surface area contributed by atoms with Crippen molar-refractivity contribution < 1.29 is 23.6 Å². The second kappa shape index (κ2) is 10.0. The normalized spacial score (nSPS) is 15.3. The van der Waals surface area contributed by atoms with Crippen molar-refractivity contribution in [1.29, 1.82) is 0 Å². The number of hydrogen-bond donors (Lipinski definition) is 5. The maximum Gasteiger partial charge on any atom is 0.354 e. The van der Waals surface area contributed by atoms with Crippen molar-refractivity contribution >= 4 is 38.7 Å². The summed E-state index contributed by atoms with van der Waals surface area (Å²) in [5, 5.41) is 31.0. The van der Waals surface area contributed by atoms with Gasteiger partial charge in [-0.05, 0) is 37.3 Å². The molecule has 0 spiro atoms. The van der Waals surface area contributed by atoms with Gasteiger partial charge in [0.1, 0.15) is 14.8 Å². The molecule has 6 N–H and O–H groups in total. The molecule has 2 atom stereocenters. The van der Waals surface area contributed by atoms with E-state index in [1.165, 1.54) is 13.8 Å². The summed E-state index contributed by atoms with van der Waals surface area (Å²) < 4.78 is 31.9. The summed E-state index contributed by atoms with van der Waals surface area (Å²) in [7, 11) is -2.11.